The molecular formula is C11H9BrF4. The SMILES string of the molecule is Fc1ccc(C=CCCBr)c(C(F)(F)F)c1. The summed E-state index contributed by atoms with van der Waals surface area (Å²) in [5.41, 5.74) is -0.965. The summed E-state index contributed by atoms with van der Waals surface area (Å²) in [6.45, 7) is 0. The van der Waals surface area contributed by atoms with Crippen molar-refractivity contribution in [2.75, 3.05) is 5.33 Å². The van der Waals surface area contributed by atoms with E-state index in [4.69, 9.17) is 0 Å². The third-order valence-electron chi connectivity index (χ3n) is 1.89. The Labute approximate surface area is 99.1 Å². The van der Waals surface area contributed by atoms with Crippen LogP contribution in [0.25, 0.3) is 6.08 Å². The summed E-state index contributed by atoms with van der Waals surface area (Å²) in [6, 6.07) is 2.65. The lowest BCUT2D eigenvalue weighted by atomic mass is 10.1. The van der Waals surface area contributed by atoms with Gasteiger partial charge in [-0.1, -0.05) is 34.1 Å². The van der Waals surface area contributed by atoms with E-state index in [9.17, 15) is 17.6 Å². The fourth-order valence-corrected chi connectivity index (χ4v) is 1.46. The molecule has 0 radical (unpaired) electrons. The maximum Gasteiger partial charge on any atom is 0.417 e. The fraction of sp³-hybridized carbons (Fsp3) is 0.273. The van der Waals surface area contributed by atoms with Gasteiger partial charge in [-0.05, 0) is 24.1 Å². The highest BCUT2D eigenvalue weighted by Gasteiger charge is 2.33. The molecule has 0 aliphatic heterocycles. The second-order valence-electron chi connectivity index (χ2n) is 3.11. The van der Waals surface area contributed by atoms with Crippen molar-refractivity contribution in [2.24, 2.45) is 0 Å². The highest BCUT2D eigenvalue weighted by molar-refractivity contribution is 9.09. The van der Waals surface area contributed by atoms with Crippen molar-refractivity contribution < 1.29 is 17.6 Å². The minimum atomic E-state index is -4.53. The maximum absolute atomic E-state index is 12.7. The lowest BCUT2D eigenvalue weighted by Gasteiger charge is -2.10. The lowest BCUT2D eigenvalue weighted by molar-refractivity contribution is -0.137. The number of allylic oxidation sites excluding steroid dienone is 1. The van der Waals surface area contributed by atoms with Gasteiger partial charge in [0.05, 0.1) is 5.56 Å². The lowest BCUT2D eigenvalue weighted by Crippen LogP contribution is -2.07. The van der Waals surface area contributed by atoms with Gasteiger partial charge in [-0.25, -0.2) is 4.39 Å². The van der Waals surface area contributed by atoms with Crippen LogP contribution >= 0.6 is 15.9 Å². The molecule has 0 heterocycles. The van der Waals surface area contributed by atoms with Gasteiger partial charge < -0.3 is 0 Å². The van der Waals surface area contributed by atoms with Gasteiger partial charge in [0.15, 0.2) is 0 Å². The second kappa shape index (κ2) is 5.48. The number of hydrogen-bond acceptors (Lipinski definition) is 0. The first-order chi connectivity index (χ1) is 7.45. The van der Waals surface area contributed by atoms with Crippen molar-refractivity contribution in [3.8, 4) is 0 Å². The number of halogens is 5. The maximum atomic E-state index is 12.7. The minimum Gasteiger partial charge on any atom is -0.207 e. The van der Waals surface area contributed by atoms with Crippen molar-refractivity contribution in [1.82, 2.24) is 0 Å². The van der Waals surface area contributed by atoms with Crippen LogP contribution in [0.2, 0.25) is 0 Å². The molecule has 0 spiro atoms. The number of hydrogen-bond donors (Lipinski definition) is 0. The molecule has 0 N–H and O–H groups in total. The van der Waals surface area contributed by atoms with E-state index < -0.39 is 17.6 Å². The second-order valence-corrected chi connectivity index (χ2v) is 3.90. The summed E-state index contributed by atoms with van der Waals surface area (Å²) in [5.74, 6) is -0.884. The van der Waals surface area contributed by atoms with Gasteiger partial charge >= 0.3 is 6.18 Å². The van der Waals surface area contributed by atoms with E-state index in [1.54, 1.807) is 6.08 Å². The Morgan fingerprint density at radius 3 is 2.50 bits per heavy atom. The Hall–Kier alpha value is -0.840. The van der Waals surface area contributed by atoms with E-state index in [2.05, 4.69) is 15.9 Å². The summed E-state index contributed by atoms with van der Waals surface area (Å²) in [4.78, 5) is 0. The van der Waals surface area contributed by atoms with E-state index in [0.29, 0.717) is 17.8 Å². The first-order valence-corrected chi connectivity index (χ1v) is 5.66. The number of alkyl halides is 4. The molecule has 5 heteroatoms. The van der Waals surface area contributed by atoms with E-state index >= 15 is 0 Å². The topological polar surface area (TPSA) is 0 Å². The molecule has 0 aliphatic rings. The Bertz CT molecular complexity index is 382. The van der Waals surface area contributed by atoms with Crippen LogP contribution in [0.3, 0.4) is 0 Å². The summed E-state index contributed by atoms with van der Waals surface area (Å²) in [7, 11) is 0. The van der Waals surface area contributed by atoms with Crippen LogP contribution in [-0.4, -0.2) is 5.33 Å². The molecule has 16 heavy (non-hydrogen) atoms. The molecule has 0 amide bonds. The van der Waals surface area contributed by atoms with Crippen LogP contribution in [0, 0.1) is 5.82 Å². The normalized spacial score (nSPS) is 12.3. The van der Waals surface area contributed by atoms with E-state index in [1.165, 1.54) is 6.08 Å². The number of rotatable bonds is 3. The largest absolute Gasteiger partial charge is 0.417 e. The Balaban J connectivity index is 3.08. The smallest absolute Gasteiger partial charge is 0.207 e. The molecule has 88 valence electrons. The summed E-state index contributed by atoms with van der Waals surface area (Å²) in [5, 5.41) is 0.673. The van der Waals surface area contributed by atoms with Crippen molar-refractivity contribution in [1.29, 1.82) is 0 Å². The van der Waals surface area contributed by atoms with Gasteiger partial charge in [0.25, 0.3) is 0 Å². The molecule has 0 bridgehead atoms. The molecule has 1 rings (SSSR count). The van der Waals surface area contributed by atoms with E-state index in [-0.39, 0.29) is 5.56 Å². The Morgan fingerprint density at radius 1 is 1.25 bits per heavy atom. The van der Waals surface area contributed by atoms with E-state index in [1.807, 2.05) is 0 Å². The summed E-state index contributed by atoms with van der Waals surface area (Å²) < 4.78 is 50.3. The zero-order chi connectivity index (χ0) is 12.2. The standard InChI is InChI=1S/C11H9BrF4/c12-6-2-1-3-8-4-5-9(13)7-10(8)11(14,15)16/h1,3-5,7H,2,6H2. The Morgan fingerprint density at radius 2 is 1.94 bits per heavy atom. The molecular weight excluding hydrogens is 288 g/mol. The van der Waals surface area contributed by atoms with E-state index in [0.717, 1.165) is 12.1 Å². The van der Waals surface area contributed by atoms with Crippen molar-refractivity contribution in [3.05, 3.63) is 41.2 Å². The molecule has 0 saturated carbocycles. The van der Waals surface area contributed by atoms with Gasteiger partial charge in [-0.2, -0.15) is 13.2 Å². The van der Waals surface area contributed by atoms with Crippen LogP contribution in [-0.2, 0) is 6.18 Å². The van der Waals surface area contributed by atoms with Gasteiger partial charge in [-0.15, -0.1) is 0 Å². The minimum absolute atomic E-state index is 0.0187. The van der Waals surface area contributed by atoms with Gasteiger partial charge in [-0.3, -0.25) is 0 Å². The summed E-state index contributed by atoms with van der Waals surface area (Å²) >= 11 is 3.16. The first kappa shape index (κ1) is 13.2. The van der Waals surface area contributed by atoms with Crippen LogP contribution < -0.4 is 0 Å². The predicted molar refractivity (Wildman–Crippen MR) is 58.8 cm³/mol. The van der Waals surface area contributed by atoms with Crippen LogP contribution in [0.15, 0.2) is 24.3 Å². The van der Waals surface area contributed by atoms with Crippen molar-refractivity contribution >= 4 is 22.0 Å². The van der Waals surface area contributed by atoms with Crippen molar-refractivity contribution in [2.45, 2.75) is 12.6 Å². The first-order valence-electron chi connectivity index (χ1n) is 4.54. The van der Waals surface area contributed by atoms with Crippen LogP contribution in [0.1, 0.15) is 17.5 Å². The van der Waals surface area contributed by atoms with Gasteiger partial charge in [0.1, 0.15) is 5.82 Å². The van der Waals surface area contributed by atoms with Crippen LogP contribution in [0.5, 0.6) is 0 Å². The molecule has 0 aliphatic carbocycles. The predicted octanol–water partition coefficient (Wildman–Crippen LogP) is 4.64. The molecule has 0 saturated heterocycles. The molecule has 1 aromatic carbocycles. The zero-order valence-electron chi connectivity index (χ0n) is 8.19. The molecule has 0 fully saturated rings. The molecule has 0 nitrogen and oxygen atoms in total. The fourth-order valence-electron chi connectivity index (χ4n) is 1.19. The Kier molecular flexibility index (Phi) is 4.53. The van der Waals surface area contributed by atoms with Crippen molar-refractivity contribution in [3.63, 3.8) is 0 Å². The molecule has 0 atom stereocenters. The third-order valence-corrected chi connectivity index (χ3v) is 2.35. The number of benzene rings is 1. The third kappa shape index (κ3) is 3.63. The van der Waals surface area contributed by atoms with Gasteiger partial charge in [0.2, 0.25) is 0 Å². The zero-order valence-corrected chi connectivity index (χ0v) is 9.78. The summed E-state index contributed by atoms with van der Waals surface area (Å²) in [6.07, 6.45) is -0.953. The highest BCUT2D eigenvalue weighted by atomic mass is 79.9. The van der Waals surface area contributed by atoms with Gasteiger partial charge in [0, 0.05) is 5.33 Å². The molecule has 1 aromatic rings. The highest BCUT2D eigenvalue weighted by Crippen LogP contribution is 2.33. The average Bonchev–Trinajstić information content (AvgIpc) is 2.19. The van der Waals surface area contributed by atoms with Crippen LogP contribution in [0.4, 0.5) is 17.6 Å². The molecule has 0 aromatic heterocycles. The molecule has 0 unspecified atom stereocenters. The quantitative estimate of drug-likeness (QED) is 0.563. The monoisotopic (exact) mass is 296 g/mol. The average molecular weight is 297 g/mol.